The minimum atomic E-state index is -0.347. The molecule has 0 N–H and O–H groups in total. The van der Waals surface area contributed by atoms with Crippen LogP contribution >= 0.6 is 0 Å². The maximum atomic E-state index is 13.3. The third-order valence-corrected chi connectivity index (χ3v) is 2.54. The summed E-state index contributed by atoms with van der Waals surface area (Å²) in [7, 11) is 0. The average molecular weight is 216 g/mol. The van der Waals surface area contributed by atoms with Crippen LogP contribution in [0.5, 0.6) is 11.5 Å². The maximum Gasteiger partial charge on any atom is 0.165 e. The fourth-order valence-corrected chi connectivity index (χ4v) is 1.43. The highest BCUT2D eigenvalue weighted by molar-refractivity contribution is 5.37. The van der Waals surface area contributed by atoms with Gasteiger partial charge in [-0.05, 0) is 49.2 Å². The predicted molar refractivity (Wildman–Crippen MR) is 62.4 cm³/mol. The fourth-order valence-electron chi connectivity index (χ4n) is 1.43. The van der Waals surface area contributed by atoms with Crippen molar-refractivity contribution in [2.75, 3.05) is 0 Å². The van der Waals surface area contributed by atoms with E-state index in [1.165, 1.54) is 11.6 Å². The van der Waals surface area contributed by atoms with E-state index in [0.717, 1.165) is 5.56 Å². The fraction of sp³-hybridized carbons (Fsp3) is 0.143. The topological polar surface area (TPSA) is 9.23 Å². The number of rotatable bonds is 2. The van der Waals surface area contributed by atoms with E-state index in [9.17, 15) is 4.39 Å². The molecule has 0 bridgehead atoms. The molecule has 0 amide bonds. The standard InChI is InChI=1S/C14H13FO/c1-10-7-8-12(9-11(10)2)16-14-6-4-3-5-13(14)15/h3-9H,1-2H3. The summed E-state index contributed by atoms with van der Waals surface area (Å²) in [5, 5.41) is 0. The van der Waals surface area contributed by atoms with Crippen molar-refractivity contribution in [2.24, 2.45) is 0 Å². The minimum Gasteiger partial charge on any atom is -0.454 e. The first-order valence-electron chi connectivity index (χ1n) is 5.16. The largest absolute Gasteiger partial charge is 0.454 e. The van der Waals surface area contributed by atoms with Gasteiger partial charge in [0.2, 0.25) is 0 Å². The van der Waals surface area contributed by atoms with Gasteiger partial charge in [-0.2, -0.15) is 0 Å². The lowest BCUT2D eigenvalue weighted by molar-refractivity contribution is 0.442. The van der Waals surface area contributed by atoms with E-state index in [1.807, 2.05) is 32.0 Å². The lowest BCUT2D eigenvalue weighted by atomic mass is 10.1. The first kappa shape index (κ1) is 10.7. The molecule has 0 radical (unpaired) electrons. The average Bonchev–Trinajstić information content (AvgIpc) is 2.27. The normalized spacial score (nSPS) is 10.2. The summed E-state index contributed by atoms with van der Waals surface area (Å²) in [5.74, 6) is 0.569. The molecular formula is C14H13FO. The Kier molecular flexibility index (Phi) is 2.91. The van der Waals surface area contributed by atoms with Crippen LogP contribution in [-0.4, -0.2) is 0 Å². The van der Waals surface area contributed by atoms with Crippen LogP contribution in [0.4, 0.5) is 4.39 Å². The van der Waals surface area contributed by atoms with Crippen LogP contribution in [0.3, 0.4) is 0 Å². The van der Waals surface area contributed by atoms with E-state index >= 15 is 0 Å². The lowest BCUT2D eigenvalue weighted by Crippen LogP contribution is -1.89. The van der Waals surface area contributed by atoms with Crippen molar-refractivity contribution < 1.29 is 9.13 Å². The highest BCUT2D eigenvalue weighted by atomic mass is 19.1. The van der Waals surface area contributed by atoms with Crippen molar-refractivity contribution in [3.8, 4) is 11.5 Å². The highest BCUT2D eigenvalue weighted by Crippen LogP contribution is 2.25. The number of hydrogen-bond donors (Lipinski definition) is 0. The molecule has 0 fully saturated rings. The molecule has 0 spiro atoms. The molecule has 0 atom stereocenters. The monoisotopic (exact) mass is 216 g/mol. The van der Waals surface area contributed by atoms with Crippen molar-refractivity contribution >= 4 is 0 Å². The molecule has 1 nitrogen and oxygen atoms in total. The summed E-state index contributed by atoms with van der Waals surface area (Å²) < 4.78 is 18.8. The Balaban J connectivity index is 2.28. The van der Waals surface area contributed by atoms with E-state index in [-0.39, 0.29) is 11.6 Å². The molecule has 2 aromatic rings. The van der Waals surface area contributed by atoms with Gasteiger partial charge in [-0.1, -0.05) is 18.2 Å². The van der Waals surface area contributed by atoms with Gasteiger partial charge in [0, 0.05) is 0 Å². The first-order chi connectivity index (χ1) is 7.66. The smallest absolute Gasteiger partial charge is 0.165 e. The highest BCUT2D eigenvalue weighted by Gasteiger charge is 2.03. The second kappa shape index (κ2) is 4.35. The predicted octanol–water partition coefficient (Wildman–Crippen LogP) is 4.23. The molecule has 0 aliphatic carbocycles. The Morgan fingerprint density at radius 3 is 2.38 bits per heavy atom. The van der Waals surface area contributed by atoms with Crippen molar-refractivity contribution in [1.82, 2.24) is 0 Å². The number of para-hydroxylation sites is 1. The number of hydrogen-bond acceptors (Lipinski definition) is 1. The van der Waals surface area contributed by atoms with Gasteiger partial charge in [0.25, 0.3) is 0 Å². The molecule has 2 heteroatoms. The number of aryl methyl sites for hydroxylation is 2. The van der Waals surface area contributed by atoms with Crippen LogP contribution in [0.15, 0.2) is 42.5 Å². The molecule has 82 valence electrons. The molecule has 16 heavy (non-hydrogen) atoms. The summed E-state index contributed by atoms with van der Waals surface area (Å²) in [4.78, 5) is 0. The van der Waals surface area contributed by atoms with Crippen molar-refractivity contribution in [2.45, 2.75) is 13.8 Å². The summed E-state index contributed by atoms with van der Waals surface area (Å²) in [6.45, 7) is 4.03. The second-order valence-electron chi connectivity index (χ2n) is 3.78. The van der Waals surface area contributed by atoms with Gasteiger partial charge in [-0.25, -0.2) is 4.39 Å². The molecule has 0 unspecified atom stereocenters. The van der Waals surface area contributed by atoms with Gasteiger partial charge in [-0.15, -0.1) is 0 Å². The van der Waals surface area contributed by atoms with Crippen LogP contribution in [0.2, 0.25) is 0 Å². The van der Waals surface area contributed by atoms with Crippen LogP contribution in [0, 0.1) is 19.7 Å². The summed E-state index contributed by atoms with van der Waals surface area (Å²) >= 11 is 0. The van der Waals surface area contributed by atoms with E-state index in [4.69, 9.17) is 4.74 Å². The zero-order valence-electron chi connectivity index (χ0n) is 9.33. The molecule has 2 aromatic carbocycles. The van der Waals surface area contributed by atoms with Gasteiger partial charge in [0.1, 0.15) is 5.75 Å². The number of halogens is 1. The van der Waals surface area contributed by atoms with E-state index in [2.05, 4.69) is 0 Å². The molecular weight excluding hydrogens is 203 g/mol. The van der Waals surface area contributed by atoms with Crippen LogP contribution in [-0.2, 0) is 0 Å². The van der Waals surface area contributed by atoms with Crippen LogP contribution in [0.1, 0.15) is 11.1 Å². The van der Waals surface area contributed by atoms with Crippen LogP contribution < -0.4 is 4.74 Å². The molecule has 0 aliphatic rings. The first-order valence-corrected chi connectivity index (χ1v) is 5.16. The molecule has 0 heterocycles. The molecule has 0 saturated heterocycles. The zero-order valence-corrected chi connectivity index (χ0v) is 9.33. The van der Waals surface area contributed by atoms with Crippen LogP contribution in [0.25, 0.3) is 0 Å². The van der Waals surface area contributed by atoms with Gasteiger partial charge < -0.3 is 4.74 Å². The summed E-state index contributed by atoms with van der Waals surface area (Å²) in [6, 6.07) is 12.1. The quantitative estimate of drug-likeness (QED) is 0.729. The van der Waals surface area contributed by atoms with Gasteiger partial charge in [0.05, 0.1) is 0 Å². The van der Waals surface area contributed by atoms with Crippen molar-refractivity contribution in [3.63, 3.8) is 0 Å². The van der Waals surface area contributed by atoms with Crippen molar-refractivity contribution in [3.05, 3.63) is 59.4 Å². The third kappa shape index (κ3) is 2.22. The summed E-state index contributed by atoms with van der Waals surface area (Å²) in [5.41, 5.74) is 2.33. The summed E-state index contributed by atoms with van der Waals surface area (Å²) in [6.07, 6.45) is 0. The lowest BCUT2D eigenvalue weighted by Gasteiger charge is -2.08. The third-order valence-electron chi connectivity index (χ3n) is 2.54. The minimum absolute atomic E-state index is 0.255. The van der Waals surface area contributed by atoms with E-state index in [1.54, 1.807) is 18.2 Å². The Bertz CT molecular complexity index is 506. The number of benzene rings is 2. The van der Waals surface area contributed by atoms with E-state index in [0.29, 0.717) is 5.75 Å². The Morgan fingerprint density at radius 1 is 0.938 bits per heavy atom. The van der Waals surface area contributed by atoms with Crippen molar-refractivity contribution in [1.29, 1.82) is 0 Å². The Labute approximate surface area is 94.5 Å². The van der Waals surface area contributed by atoms with Gasteiger partial charge >= 0.3 is 0 Å². The van der Waals surface area contributed by atoms with E-state index < -0.39 is 0 Å². The SMILES string of the molecule is Cc1ccc(Oc2ccccc2F)cc1C. The Hall–Kier alpha value is -1.83. The second-order valence-corrected chi connectivity index (χ2v) is 3.78. The van der Waals surface area contributed by atoms with Gasteiger partial charge in [-0.3, -0.25) is 0 Å². The molecule has 0 aromatic heterocycles. The molecule has 2 rings (SSSR count). The zero-order chi connectivity index (χ0) is 11.5. The maximum absolute atomic E-state index is 13.3. The Morgan fingerprint density at radius 2 is 1.69 bits per heavy atom. The number of ether oxygens (including phenoxy) is 1. The molecule has 0 aliphatic heterocycles. The van der Waals surface area contributed by atoms with Gasteiger partial charge in [0.15, 0.2) is 11.6 Å². The molecule has 0 saturated carbocycles.